The number of carbonyl (C=O) groups is 1. The van der Waals surface area contributed by atoms with Crippen LogP contribution in [0.25, 0.3) is 0 Å². The zero-order valence-electron chi connectivity index (χ0n) is 6.92. The Morgan fingerprint density at radius 3 is 2.83 bits per heavy atom. The van der Waals surface area contributed by atoms with Gasteiger partial charge in [-0.2, -0.15) is 0 Å². The summed E-state index contributed by atoms with van der Waals surface area (Å²) in [6.07, 6.45) is 2.26. The summed E-state index contributed by atoms with van der Waals surface area (Å²) in [5.41, 5.74) is 3.47. The predicted octanol–water partition coefficient (Wildman–Crippen LogP) is 1.07. The van der Waals surface area contributed by atoms with E-state index >= 15 is 0 Å². The van der Waals surface area contributed by atoms with E-state index < -0.39 is 11.6 Å². The van der Waals surface area contributed by atoms with Gasteiger partial charge in [0.1, 0.15) is 0 Å². The molecule has 0 aromatic rings. The van der Waals surface area contributed by atoms with Gasteiger partial charge >= 0.3 is 5.97 Å². The van der Waals surface area contributed by atoms with Crippen LogP contribution >= 0.6 is 0 Å². The van der Waals surface area contributed by atoms with Crippen LogP contribution < -0.4 is 5.73 Å². The molecule has 2 atom stereocenters. The van der Waals surface area contributed by atoms with Crippen molar-refractivity contribution in [3.8, 4) is 0 Å². The molecule has 0 radical (unpaired) electrons. The molecule has 1 rings (SSSR count). The van der Waals surface area contributed by atoms with Gasteiger partial charge in [0.25, 0.3) is 0 Å². The van der Waals surface area contributed by atoms with Crippen LogP contribution in [0.3, 0.4) is 0 Å². The first kappa shape index (κ1) is 9.45. The summed E-state index contributed by atoms with van der Waals surface area (Å²) in [5, 5.41) is 8.61. The second-order valence-electron chi connectivity index (χ2n) is 3.48. The van der Waals surface area contributed by atoms with Crippen molar-refractivity contribution in [3.63, 3.8) is 0 Å². The van der Waals surface area contributed by atoms with E-state index in [2.05, 4.69) is 0 Å². The lowest BCUT2D eigenvalue weighted by Gasteiger charge is -2.20. The molecule has 1 fully saturated rings. The molecule has 0 heterocycles. The van der Waals surface area contributed by atoms with Crippen LogP contribution in [-0.4, -0.2) is 22.8 Å². The first-order valence-electron chi connectivity index (χ1n) is 4.22. The number of alkyl halides is 1. The van der Waals surface area contributed by atoms with Crippen molar-refractivity contribution in [1.82, 2.24) is 0 Å². The van der Waals surface area contributed by atoms with E-state index in [1.54, 1.807) is 0 Å². The minimum absolute atomic E-state index is 0.0394. The third-order valence-corrected chi connectivity index (χ3v) is 2.37. The Morgan fingerprint density at radius 2 is 2.25 bits per heavy atom. The standard InChI is InChI=1S/C8H14FNO2/c9-8(7(11)12)4-2-1-3-6(10)5-8/h6H,1-5,10H2,(H,11,12). The average molecular weight is 175 g/mol. The molecular formula is C8H14FNO2. The van der Waals surface area contributed by atoms with Gasteiger partial charge in [0.15, 0.2) is 0 Å². The highest BCUT2D eigenvalue weighted by Crippen LogP contribution is 2.30. The second kappa shape index (κ2) is 3.39. The maximum absolute atomic E-state index is 13.5. The summed E-state index contributed by atoms with van der Waals surface area (Å²) in [5.74, 6) is -1.36. The summed E-state index contributed by atoms with van der Waals surface area (Å²) in [4.78, 5) is 10.5. The highest BCUT2D eigenvalue weighted by Gasteiger charge is 2.40. The predicted molar refractivity (Wildman–Crippen MR) is 42.5 cm³/mol. The zero-order chi connectivity index (χ0) is 9.19. The normalized spacial score (nSPS) is 37.3. The minimum atomic E-state index is -2.07. The molecule has 2 unspecified atom stereocenters. The molecule has 1 aliphatic carbocycles. The SMILES string of the molecule is NC1CCCCC(F)(C(=O)O)C1. The van der Waals surface area contributed by atoms with Crippen LogP contribution in [0.15, 0.2) is 0 Å². The van der Waals surface area contributed by atoms with E-state index in [1.807, 2.05) is 0 Å². The lowest BCUT2D eigenvalue weighted by atomic mass is 9.95. The van der Waals surface area contributed by atoms with Gasteiger partial charge in [-0.3, -0.25) is 0 Å². The molecule has 0 saturated heterocycles. The number of carboxylic acids is 1. The minimum Gasteiger partial charge on any atom is -0.479 e. The van der Waals surface area contributed by atoms with Crippen LogP contribution in [0.1, 0.15) is 32.1 Å². The fourth-order valence-electron chi connectivity index (χ4n) is 1.63. The summed E-state index contributed by atoms with van der Waals surface area (Å²) in [6.45, 7) is 0. The van der Waals surface area contributed by atoms with Crippen LogP contribution in [0, 0.1) is 0 Å². The summed E-state index contributed by atoms with van der Waals surface area (Å²) in [6, 6.07) is -0.298. The van der Waals surface area contributed by atoms with Crippen LogP contribution in [-0.2, 0) is 4.79 Å². The Bertz CT molecular complexity index is 186. The van der Waals surface area contributed by atoms with Crippen LogP contribution in [0.2, 0.25) is 0 Å². The van der Waals surface area contributed by atoms with E-state index in [4.69, 9.17) is 10.8 Å². The molecule has 3 N–H and O–H groups in total. The highest BCUT2D eigenvalue weighted by atomic mass is 19.1. The topological polar surface area (TPSA) is 63.3 Å². The number of hydrogen-bond acceptors (Lipinski definition) is 2. The Hall–Kier alpha value is -0.640. The van der Waals surface area contributed by atoms with E-state index in [0.717, 1.165) is 12.8 Å². The number of rotatable bonds is 1. The van der Waals surface area contributed by atoms with Gasteiger partial charge in [-0.15, -0.1) is 0 Å². The maximum Gasteiger partial charge on any atom is 0.341 e. The quantitative estimate of drug-likeness (QED) is 0.586. The molecule has 0 bridgehead atoms. The molecule has 4 heteroatoms. The first-order valence-corrected chi connectivity index (χ1v) is 4.22. The molecule has 12 heavy (non-hydrogen) atoms. The summed E-state index contributed by atoms with van der Waals surface area (Å²) < 4.78 is 13.5. The van der Waals surface area contributed by atoms with E-state index in [1.165, 1.54) is 0 Å². The van der Waals surface area contributed by atoms with Crippen molar-refractivity contribution in [3.05, 3.63) is 0 Å². The fraction of sp³-hybridized carbons (Fsp3) is 0.875. The first-order chi connectivity index (χ1) is 5.54. The number of hydrogen-bond donors (Lipinski definition) is 2. The lowest BCUT2D eigenvalue weighted by molar-refractivity contribution is -0.152. The van der Waals surface area contributed by atoms with Crippen molar-refractivity contribution >= 4 is 5.97 Å². The van der Waals surface area contributed by atoms with Crippen LogP contribution in [0.4, 0.5) is 4.39 Å². The number of halogens is 1. The summed E-state index contributed by atoms with van der Waals surface area (Å²) in [7, 11) is 0. The Morgan fingerprint density at radius 1 is 1.58 bits per heavy atom. The van der Waals surface area contributed by atoms with Crippen molar-refractivity contribution < 1.29 is 14.3 Å². The maximum atomic E-state index is 13.5. The average Bonchev–Trinajstić information content (AvgIpc) is 2.12. The van der Waals surface area contributed by atoms with Gasteiger partial charge in [0, 0.05) is 12.5 Å². The molecule has 1 saturated carbocycles. The molecule has 0 spiro atoms. The monoisotopic (exact) mass is 175 g/mol. The smallest absolute Gasteiger partial charge is 0.341 e. The van der Waals surface area contributed by atoms with Crippen molar-refractivity contribution in [2.75, 3.05) is 0 Å². The molecule has 0 aromatic heterocycles. The van der Waals surface area contributed by atoms with Crippen molar-refractivity contribution in [1.29, 1.82) is 0 Å². The van der Waals surface area contributed by atoms with Gasteiger partial charge in [0.2, 0.25) is 5.67 Å². The van der Waals surface area contributed by atoms with Gasteiger partial charge in [-0.25, -0.2) is 9.18 Å². The molecule has 0 aliphatic heterocycles. The van der Waals surface area contributed by atoms with Gasteiger partial charge < -0.3 is 10.8 Å². The lowest BCUT2D eigenvalue weighted by Crippen LogP contribution is -2.38. The van der Waals surface area contributed by atoms with Crippen molar-refractivity contribution in [2.24, 2.45) is 5.73 Å². The molecule has 70 valence electrons. The van der Waals surface area contributed by atoms with E-state index in [-0.39, 0.29) is 18.9 Å². The molecule has 3 nitrogen and oxygen atoms in total. The molecule has 0 aromatic carbocycles. The van der Waals surface area contributed by atoms with Gasteiger partial charge in [-0.1, -0.05) is 6.42 Å². The van der Waals surface area contributed by atoms with Crippen molar-refractivity contribution in [2.45, 2.75) is 43.8 Å². The fourth-order valence-corrected chi connectivity index (χ4v) is 1.63. The van der Waals surface area contributed by atoms with E-state index in [9.17, 15) is 9.18 Å². The molecule has 1 aliphatic rings. The summed E-state index contributed by atoms with van der Waals surface area (Å²) >= 11 is 0. The Kier molecular flexibility index (Phi) is 2.67. The van der Waals surface area contributed by atoms with Crippen LogP contribution in [0.5, 0.6) is 0 Å². The molecular weight excluding hydrogens is 161 g/mol. The third-order valence-electron chi connectivity index (χ3n) is 2.37. The van der Waals surface area contributed by atoms with Gasteiger partial charge in [-0.05, 0) is 19.3 Å². The third kappa shape index (κ3) is 1.94. The number of aliphatic carboxylic acids is 1. The van der Waals surface area contributed by atoms with Gasteiger partial charge in [0.05, 0.1) is 0 Å². The highest BCUT2D eigenvalue weighted by molar-refractivity contribution is 5.77. The number of nitrogens with two attached hydrogens (primary N) is 1. The molecule has 0 amide bonds. The van der Waals surface area contributed by atoms with E-state index in [0.29, 0.717) is 6.42 Å². The Balaban J connectivity index is 2.67. The second-order valence-corrected chi connectivity index (χ2v) is 3.48. The zero-order valence-corrected chi connectivity index (χ0v) is 6.92. The Labute approximate surface area is 70.7 Å². The number of carboxylic acid groups (broad SMARTS) is 1. The largest absolute Gasteiger partial charge is 0.479 e.